The molecule has 0 fully saturated rings. The van der Waals surface area contributed by atoms with Crippen LogP contribution in [-0.4, -0.2) is 24.5 Å². The minimum atomic E-state index is 0.0324. The lowest BCUT2D eigenvalue weighted by Gasteiger charge is -2.15. The minimum absolute atomic E-state index is 0.0324. The van der Waals surface area contributed by atoms with Gasteiger partial charge in [-0.25, -0.2) is 0 Å². The fourth-order valence-corrected chi connectivity index (χ4v) is 1.56. The van der Waals surface area contributed by atoms with Gasteiger partial charge in [0.15, 0.2) is 0 Å². The summed E-state index contributed by atoms with van der Waals surface area (Å²) < 4.78 is 5.33. The monoisotopic (exact) mass is 241 g/mol. The van der Waals surface area contributed by atoms with Crippen molar-refractivity contribution < 1.29 is 9.53 Å². The SMILES string of the molecule is CCOc1ccc(CN(C)C(C)=O)cc1Cl. The molecular formula is C12H16ClNO2. The van der Waals surface area contributed by atoms with Crippen LogP contribution in [0.3, 0.4) is 0 Å². The van der Waals surface area contributed by atoms with Crippen molar-refractivity contribution in [1.29, 1.82) is 0 Å². The van der Waals surface area contributed by atoms with E-state index in [1.165, 1.54) is 6.92 Å². The number of ether oxygens (including phenoxy) is 1. The van der Waals surface area contributed by atoms with E-state index in [9.17, 15) is 4.79 Å². The minimum Gasteiger partial charge on any atom is -0.492 e. The lowest BCUT2D eigenvalue weighted by molar-refractivity contribution is -0.128. The van der Waals surface area contributed by atoms with E-state index in [0.717, 1.165) is 5.56 Å². The van der Waals surface area contributed by atoms with Gasteiger partial charge >= 0.3 is 0 Å². The molecule has 0 saturated heterocycles. The van der Waals surface area contributed by atoms with Crippen LogP contribution < -0.4 is 4.74 Å². The van der Waals surface area contributed by atoms with Gasteiger partial charge in [0.05, 0.1) is 11.6 Å². The number of rotatable bonds is 4. The zero-order valence-corrected chi connectivity index (χ0v) is 10.5. The Labute approximate surface area is 101 Å². The van der Waals surface area contributed by atoms with E-state index in [-0.39, 0.29) is 5.91 Å². The summed E-state index contributed by atoms with van der Waals surface area (Å²) in [6.07, 6.45) is 0. The summed E-state index contributed by atoms with van der Waals surface area (Å²) in [6, 6.07) is 5.57. The molecular weight excluding hydrogens is 226 g/mol. The van der Waals surface area contributed by atoms with Crippen molar-refractivity contribution in [3.8, 4) is 5.75 Å². The molecule has 4 heteroatoms. The molecule has 88 valence electrons. The van der Waals surface area contributed by atoms with Gasteiger partial charge in [0.2, 0.25) is 5.91 Å². The number of nitrogens with zero attached hydrogens (tertiary/aromatic N) is 1. The summed E-state index contributed by atoms with van der Waals surface area (Å²) in [5.74, 6) is 0.711. The first-order valence-corrected chi connectivity index (χ1v) is 5.55. The van der Waals surface area contributed by atoms with Crippen LogP contribution in [-0.2, 0) is 11.3 Å². The van der Waals surface area contributed by atoms with E-state index in [4.69, 9.17) is 16.3 Å². The summed E-state index contributed by atoms with van der Waals surface area (Å²) in [5, 5.41) is 0.580. The van der Waals surface area contributed by atoms with Crippen molar-refractivity contribution >= 4 is 17.5 Å². The Balaban J connectivity index is 2.77. The fraction of sp³-hybridized carbons (Fsp3) is 0.417. The van der Waals surface area contributed by atoms with Crippen LogP contribution in [0.5, 0.6) is 5.75 Å². The Hall–Kier alpha value is -1.22. The van der Waals surface area contributed by atoms with Gasteiger partial charge < -0.3 is 9.64 Å². The van der Waals surface area contributed by atoms with Crippen LogP contribution in [0.25, 0.3) is 0 Å². The maximum Gasteiger partial charge on any atom is 0.219 e. The number of amides is 1. The van der Waals surface area contributed by atoms with Crippen molar-refractivity contribution in [2.24, 2.45) is 0 Å². The number of hydrogen-bond acceptors (Lipinski definition) is 2. The van der Waals surface area contributed by atoms with Crippen LogP contribution in [0.2, 0.25) is 5.02 Å². The molecule has 1 aromatic rings. The number of carbonyl (C=O) groups excluding carboxylic acids is 1. The van der Waals surface area contributed by atoms with Crippen LogP contribution in [0, 0.1) is 0 Å². The normalized spacial score (nSPS) is 10.0. The van der Waals surface area contributed by atoms with Gasteiger partial charge in [0.25, 0.3) is 0 Å². The number of hydrogen-bond donors (Lipinski definition) is 0. The fourth-order valence-electron chi connectivity index (χ4n) is 1.30. The second kappa shape index (κ2) is 5.75. The first kappa shape index (κ1) is 12.8. The van der Waals surface area contributed by atoms with E-state index in [1.807, 2.05) is 25.1 Å². The van der Waals surface area contributed by atoms with Crippen molar-refractivity contribution in [2.75, 3.05) is 13.7 Å². The van der Waals surface area contributed by atoms with Crippen molar-refractivity contribution in [3.05, 3.63) is 28.8 Å². The summed E-state index contributed by atoms with van der Waals surface area (Å²) in [5.41, 5.74) is 0.992. The smallest absolute Gasteiger partial charge is 0.219 e. The predicted octanol–water partition coefficient (Wildman–Crippen LogP) is 2.72. The Morgan fingerprint density at radius 3 is 2.69 bits per heavy atom. The number of halogens is 1. The molecule has 0 aliphatic rings. The Morgan fingerprint density at radius 1 is 1.50 bits per heavy atom. The quantitative estimate of drug-likeness (QED) is 0.811. The second-order valence-electron chi connectivity index (χ2n) is 3.57. The third-order valence-corrected chi connectivity index (χ3v) is 2.55. The molecule has 0 aliphatic heterocycles. The molecule has 0 radical (unpaired) electrons. The van der Waals surface area contributed by atoms with E-state index >= 15 is 0 Å². The third-order valence-electron chi connectivity index (χ3n) is 2.25. The van der Waals surface area contributed by atoms with Gasteiger partial charge in [-0.15, -0.1) is 0 Å². The average molecular weight is 242 g/mol. The van der Waals surface area contributed by atoms with Crippen molar-refractivity contribution in [3.63, 3.8) is 0 Å². The highest BCUT2D eigenvalue weighted by Gasteiger charge is 2.06. The molecule has 0 spiro atoms. The van der Waals surface area contributed by atoms with Crippen LogP contribution >= 0.6 is 11.6 Å². The summed E-state index contributed by atoms with van der Waals surface area (Å²) in [6.45, 7) is 4.60. The molecule has 3 nitrogen and oxygen atoms in total. The highest BCUT2D eigenvalue weighted by Crippen LogP contribution is 2.25. The third kappa shape index (κ3) is 3.42. The van der Waals surface area contributed by atoms with E-state index in [2.05, 4.69) is 0 Å². The Bertz CT molecular complexity index is 379. The van der Waals surface area contributed by atoms with Crippen LogP contribution in [0.15, 0.2) is 18.2 Å². The molecule has 0 N–H and O–H groups in total. The molecule has 0 saturated carbocycles. The highest BCUT2D eigenvalue weighted by atomic mass is 35.5. The van der Waals surface area contributed by atoms with E-state index in [0.29, 0.717) is 23.9 Å². The molecule has 16 heavy (non-hydrogen) atoms. The largest absolute Gasteiger partial charge is 0.492 e. The topological polar surface area (TPSA) is 29.5 Å². The first-order chi connectivity index (χ1) is 7.54. The Kier molecular flexibility index (Phi) is 4.62. The summed E-state index contributed by atoms with van der Waals surface area (Å²) in [4.78, 5) is 12.7. The zero-order chi connectivity index (χ0) is 12.1. The van der Waals surface area contributed by atoms with E-state index in [1.54, 1.807) is 11.9 Å². The standard InChI is InChI=1S/C12H16ClNO2/c1-4-16-12-6-5-10(7-11(12)13)8-14(3)9(2)15/h5-7H,4,8H2,1-3H3. The van der Waals surface area contributed by atoms with Gasteiger partial charge in [-0.1, -0.05) is 17.7 Å². The van der Waals surface area contributed by atoms with Gasteiger partial charge in [0.1, 0.15) is 5.75 Å². The number of benzene rings is 1. The molecule has 0 unspecified atom stereocenters. The first-order valence-electron chi connectivity index (χ1n) is 5.17. The van der Waals surface area contributed by atoms with Gasteiger partial charge in [-0.3, -0.25) is 4.79 Å². The van der Waals surface area contributed by atoms with Gasteiger partial charge in [-0.05, 0) is 24.6 Å². The van der Waals surface area contributed by atoms with Crippen molar-refractivity contribution in [2.45, 2.75) is 20.4 Å². The lowest BCUT2D eigenvalue weighted by atomic mass is 10.2. The summed E-state index contributed by atoms with van der Waals surface area (Å²) >= 11 is 6.04. The van der Waals surface area contributed by atoms with Crippen LogP contribution in [0.1, 0.15) is 19.4 Å². The van der Waals surface area contributed by atoms with Crippen molar-refractivity contribution in [1.82, 2.24) is 4.90 Å². The zero-order valence-electron chi connectivity index (χ0n) is 9.79. The molecule has 0 aromatic heterocycles. The molecule has 1 amide bonds. The maximum absolute atomic E-state index is 11.1. The predicted molar refractivity (Wildman–Crippen MR) is 64.8 cm³/mol. The molecule has 1 aromatic carbocycles. The lowest BCUT2D eigenvalue weighted by Crippen LogP contribution is -2.22. The molecule has 0 atom stereocenters. The highest BCUT2D eigenvalue weighted by molar-refractivity contribution is 6.32. The van der Waals surface area contributed by atoms with E-state index < -0.39 is 0 Å². The Morgan fingerprint density at radius 2 is 2.19 bits per heavy atom. The van der Waals surface area contributed by atoms with Gasteiger partial charge in [0, 0.05) is 20.5 Å². The second-order valence-corrected chi connectivity index (χ2v) is 3.98. The molecule has 0 heterocycles. The summed E-state index contributed by atoms with van der Waals surface area (Å²) in [7, 11) is 1.76. The van der Waals surface area contributed by atoms with Crippen LogP contribution in [0.4, 0.5) is 0 Å². The molecule has 0 bridgehead atoms. The maximum atomic E-state index is 11.1. The average Bonchev–Trinajstić information content (AvgIpc) is 2.22. The number of carbonyl (C=O) groups is 1. The molecule has 0 aliphatic carbocycles. The van der Waals surface area contributed by atoms with Gasteiger partial charge in [-0.2, -0.15) is 0 Å². The molecule has 1 rings (SSSR count).